The molecule has 4 nitrogen and oxygen atoms in total. The first kappa shape index (κ1) is 20.1. The van der Waals surface area contributed by atoms with Gasteiger partial charge < -0.3 is 5.32 Å². The van der Waals surface area contributed by atoms with E-state index in [1.54, 1.807) is 35.2 Å². The van der Waals surface area contributed by atoms with E-state index in [2.05, 4.69) is 5.32 Å². The fraction of sp³-hybridized carbons (Fsp3) is 0.0370. The number of nitrogens with zero attached hydrogens (tertiary/aromatic N) is 1. The summed E-state index contributed by atoms with van der Waals surface area (Å²) in [4.78, 5) is 27.5. The zero-order valence-corrected chi connectivity index (χ0v) is 17.2. The average Bonchev–Trinajstić information content (AvgIpc) is 2.81. The van der Waals surface area contributed by atoms with E-state index in [4.69, 9.17) is 0 Å². The molecule has 0 radical (unpaired) electrons. The van der Waals surface area contributed by atoms with Crippen LogP contribution >= 0.6 is 0 Å². The van der Waals surface area contributed by atoms with Gasteiger partial charge in [-0.05, 0) is 67.6 Å². The van der Waals surface area contributed by atoms with E-state index in [0.717, 1.165) is 16.9 Å². The summed E-state index contributed by atoms with van der Waals surface area (Å²) in [6, 6.07) is 33.4. The van der Waals surface area contributed by atoms with E-state index in [1.165, 1.54) is 0 Å². The molecular formula is C27H22N2O2. The van der Waals surface area contributed by atoms with Gasteiger partial charge in [-0.1, -0.05) is 54.1 Å². The number of hydrogen-bond donors (Lipinski definition) is 1. The third-order valence-electron chi connectivity index (χ3n) is 4.90. The Morgan fingerprint density at radius 2 is 1.23 bits per heavy atom. The minimum atomic E-state index is -0.182. The number of aryl methyl sites for hydroxylation is 1. The van der Waals surface area contributed by atoms with E-state index >= 15 is 0 Å². The number of para-hydroxylation sites is 2. The molecule has 0 aliphatic rings. The Balaban J connectivity index is 1.57. The maximum Gasteiger partial charge on any atom is 0.262 e. The third-order valence-corrected chi connectivity index (χ3v) is 4.90. The van der Waals surface area contributed by atoms with E-state index in [-0.39, 0.29) is 11.8 Å². The van der Waals surface area contributed by atoms with Crippen LogP contribution in [0.25, 0.3) is 0 Å². The van der Waals surface area contributed by atoms with Gasteiger partial charge in [0.05, 0.1) is 0 Å². The van der Waals surface area contributed by atoms with Gasteiger partial charge >= 0.3 is 0 Å². The monoisotopic (exact) mass is 406 g/mol. The number of benzene rings is 4. The number of anilines is 3. The van der Waals surface area contributed by atoms with Crippen LogP contribution in [0, 0.1) is 6.92 Å². The second-order valence-electron chi connectivity index (χ2n) is 7.21. The Kier molecular flexibility index (Phi) is 5.90. The number of rotatable bonds is 5. The van der Waals surface area contributed by atoms with Gasteiger partial charge in [0.25, 0.3) is 11.8 Å². The highest BCUT2D eigenvalue weighted by molar-refractivity contribution is 6.11. The largest absolute Gasteiger partial charge is 0.322 e. The molecule has 0 saturated carbocycles. The summed E-state index contributed by atoms with van der Waals surface area (Å²) in [5, 5.41) is 2.88. The van der Waals surface area contributed by atoms with Gasteiger partial charge in [0.1, 0.15) is 0 Å². The molecule has 152 valence electrons. The van der Waals surface area contributed by atoms with Gasteiger partial charge in [-0.2, -0.15) is 0 Å². The molecule has 0 saturated heterocycles. The van der Waals surface area contributed by atoms with Crippen molar-refractivity contribution in [2.75, 3.05) is 10.2 Å². The van der Waals surface area contributed by atoms with Crippen LogP contribution in [0.3, 0.4) is 0 Å². The topological polar surface area (TPSA) is 49.4 Å². The van der Waals surface area contributed by atoms with Crippen molar-refractivity contribution in [2.45, 2.75) is 6.92 Å². The van der Waals surface area contributed by atoms with Crippen molar-refractivity contribution in [1.82, 2.24) is 0 Å². The molecule has 1 N–H and O–H groups in total. The Morgan fingerprint density at radius 3 is 1.77 bits per heavy atom. The fourth-order valence-corrected chi connectivity index (χ4v) is 3.35. The van der Waals surface area contributed by atoms with Crippen molar-refractivity contribution in [2.24, 2.45) is 0 Å². The summed E-state index contributed by atoms with van der Waals surface area (Å²) in [6.07, 6.45) is 0. The van der Waals surface area contributed by atoms with Gasteiger partial charge in [0.2, 0.25) is 0 Å². The molecule has 0 fully saturated rings. The Hall–Kier alpha value is -4.18. The molecule has 0 spiro atoms. The molecule has 4 heteroatoms. The standard InChI is InChI=1S/C27H22N2O2/c1-20-9-8-10-22(19-20)26(30)28-23-17-15-21(16-18-23)27(31)29(24-11-4-2-5-12-24)25-13-6-3-7-14-25/h2-19H,1H3,(H,28,30). The first-order valence-corrected chi connectivity index (χ1v) is 10.0. The molecule has 0 heterocycles. The lowest BCUT2D eigenvalue weighted by Gasteiger charge is -2.23. The molecule has 0 bridgehead atoms. The normalized spacial score (nSPS) is 10.4. The Bertz CT molecular complexity index is 1150. The molecule has 4 aromatic carbocycles. The molecule has 0 unspecified atom stereocenters. The first-order valence-electron chi connectivity index (χ1n) is 10.0. The number of amides is 2. The predicted molar refractivity (Wildman–Crippen MR) is 125 cm³/mol. The molecule has 0 aliphatic carbocycles. The van der Waals surface area contributed by atoms with Crippen molar-refractivity contribution < 1.29 is 9.59 Å². The van der Waals surface area contributed by atoms with Crippen LogP contribution in [0.5, 0.6) is 0 Å². The molecule has 0 atom stereocenters. The van der Waals surface area contributed by atoms with Crippen LogP contribution in [-0.2, 0) is 0 Å². The van der Waals surface area contributed by atoms with Gasteiger partial charge in [-0.15, -0.1) is 0 Å². The van der Waals surface area contributed by atoms with E-state index in [0.29, 0.717) is 16.8 Å². The quantitative estimate of drug-likeness (QED) is 0.427. The van der Waals surface area contributed by atoms with E-state index in [1.807, 2.05) is 85.8 Å². The van der Waals surface area contributed by atoms with Crippen molar-refractivity contribution in [3.8, 4) is 0 Å². The maximum atomic E-state index is 13.4. The van der Waals surface area contributed by atoms with Crippen LogP contribution < -0.4 is 10.2 Å². The van der Waals surface area contributed by atoms with Crippen molar-refractivity contribution in [3.63, 3.8) is 0 Å². The van der Waals surface area contributed by atoms with Gasteiger partial charge in [-0.25, -0.2) is 0 Å². The summed E-state index contributed by atoms with van der Waals surface area (Å²) in [6.45, 7) is 1.95. The summed E-state index contributed by atoms with van der Waals surface area (Å²) in [5.74, 6) is -0.327. The summed E-state index contributed by atoms with van der Waals surface area (Å²) < 4.78 is 0. The van der Waals surface area contributed by atoms with E-state index in [9.17, 15) is 9.59 Å². The zero-order valence-electron chi connectivity index (χ0n) is 17.2. The van der Waals surface area contributed by atoms with Crippen LogP contribution in [0.1, 0.15) is 26.3 Å². The minimum absolute atomic E-state index is 0.144. The van der Waals surface area contributed by atoms with Gasteiger partial charge in [-0.3, -0.25) is 14.5 Å². The Morgan fingerprint density at radius 1 is 0.645 bits per heavy atom. The smallest absolute Gasteiger partial charge is 0.262 e. The number of carbonyl (C=O) groups is 2. The Labute approximate surface area is 181 Å². The molecule has 0 aromatic heterocycles. The van der Waals surface area contributed by atoms with E-state index < -0.39 is 0 Å². The lowest BCUT2D eigenvalue weighted by Crippen LogP contribution is -2.25. The second kappa shape index (κ2) is 9.09. The van der Waals surface area contributed by atoms with Gasteiger partial charge in [0, 0.05) is 28.2 Å². The predicted octanol–water partition coefficient (Wildman–Crippen LogP) is 6.23. The molecule has 31 heavy (non-hydrogen) atoms. The highest BCUT2D eigenvalue weighted by Crippen LogP contribution is 2.27. The van der Waals surface area contributed by atoms with Crippen molar-refractivity contribution >= 4 is 28.9 Å². The number of hydrogen-bond acceptors (Lipinski definition) is 2. The molecule has 2 amide bonds. The fourth-order valence-electron chi connectivity index (χ4n) is 3.35. The third kappa shape index (κ3) is 4.70. The van der Waals surface area contributed by atoms with Crippen LogP contribution in [0.2, 0.25) is 0 Å². The molecular weight excluding hydrogens is 384 g/mol. The maximum absolute atomic E-state index is 13.4. The highest BCUT2D eigenvalue weighted by Gasteiger charge is 2.19. The van der Waals surface area contributed by atoms with Crippen LogP contribution in [-0.4, -0.2) is 11.8 Å². The lowest BCUT2D eigenvalue weighted by atomic mass is 10.1. The van der Waals surface area contributed by atoms with Crippen molar-refractivity contribution in [1.29, 1.82) is 0 Å². The lowest BCUT2D eigenvalue weighted by molar-refractivity contribution is 0.0997. The first-order chi connectivity index (χ1) is 15.1. The van der Waals surface area contributed by atoms with Gasteiger partial charge in [0.15, 0.2) is 0 Å². The summed E-state index contributed by atoms with van der Waals surface area (Å²) in [5.41, 5.74) is 4.36. The zero-order chi connectivity index (χ0) is 21.6. The SMILES string of the molecule is Cc1cccc(C(=O)Nc2ccc(C(=O)N(c3ccccc3)c3ccccc3)cc2)c1. The summed E-state index contributed by atoms with van der Waals surface area (Å²) >= 11 is 0. The highest BCUT2D eigenvalue weighted by atomic mass is 16.2. The summed E-state index contributed by atoms with van der Waals surface area (Å²) in [7, 11) is 0. The molecule has 0 aliphatic heterocycles. The minimum Gasteiger partial charge on any atom is -0.322 e. The van der Waals surface area contributed by atoms with Crippen LogP contribution in [0.4, 0.5) is 17.1 Å². The molecule has 4 rings (SSSR count). The number of carbonyl (C=O) groups excluding carboxylic acids is 2. The number of nitrogens with one attached hydrogen (secondary N) is 1. The van der Waals surface area contributed by atoms with Crippen molar-refractivity contribution in [3.05, 3.63) is 126 Å². The average molecular weight is 406 g/mol. The molecule has 4 aromatic rings. The second-order valence-corrected chi connectivity index (χ2v) is 7.21. The van der Waals surface area contributed by atoms with Crippen LogP contribution in [0.15, 0.2) is 109 Å².